The van der Waals surface area contributed by atoms with E-state index < -0.39 is 0 Å². The van der Waals surface area contributed by atoms with Gasteiger partial charge in [0, 0.05) is 18.0 Å². The third-order valence-corrected chi connectivity index (χ3v) is 3.75. The predicted molar refractivity (Wildman–Crippen MR) is 79.7 cm³/mol. The van der Waals surface area contributed by atoms with Gasteiger partial charge in [0.1, 0.15) is 16.0 Å². The summed E-state index contributed by atoms with van der Waals surface area (Å²) < 4.78 is 11.2. The number of methoxy groups -OCH3 is 2. The molecule has 0 aliphatic heterocycles. The third-order valence-electron chi connectivity index (χ3n) is 3.00. The van der Waals surface area contributed by atoms with E-state index in [2.05, 4.69) is 20.9 Å². The van der Waals surface area contributed by atoms with Crippen molar-refractivity contribution in [2.45, 2.75) is 6.92 Å². The maximum absolute atomic E-state index is 12.6. The molecule has 0 radical (unpaired) electrons. The number of aromatic nitrogens is 1. The van der Waals surface area contributed by atoms with E-state index in [0.717, 1.165) is 5.56 Å². The maximum atomic E-state index is 12.6. The molecule has 4 nitrogen and oxygen atoms in total. The number of pyridine rings is 1. The van der Waals surface area contributed by atoms with E-state index in [4.69, 9.17) is 9.47 Å². The largest absolute Gasteiger partial charge is 0.495 e. The number of ketones is 1. The molecule has 0 amide bonds. The van der Waals surface area contributed by atoms with Crippen LogP contribution in [0.5, 0.6) is 11.5 Å². The highest BCUT2D eigenvalue weighted by atomic mass is 79.9. The van der Waals surface area contributed by atoms with Crippen molar-refractivity contribution in [1.82, 2.24) is 4.98 Å². The summed E-state index contributed by atoms with van der Waals surface area (Å²) in [5, 5.41) is 0. The molecule has 5 heteroatoms. The van der Waals surface area contributed by atoms with Crippen LogP contribution in [-0.2, 0) is 0 Å². The van der Waals surface area contributed by atoms with Crippen molar-refractivity contribution < 1.29 is 14.3 Å². The Kier molecular flexibility index (Phi) is 4.39. The number of hydrogen-bond acceptors (Lipinski definition) is 4. The fraction of sp³-hybridized carbons (Fsp3) is 0.200. The molecule has 0 atom stereocenters. The zero-order valence-corrected chi connectivity index (χ0v) is 13.0. The highest BCUT2D eigenvalue weighted by Gasteiger charge is 2.20. The maximum Gasteiger partial charge on any atom is 0.197 e. The molecule has 20 heavy (non-hydrogen) atoms. The number of ether oxygens (including phenoxy) is 2. The number of halogens is 1. The minimum Gasteiger partial charge on any atom is -0.495 e. The smallest absolute Gasteiger partial charge is 0.197 e. The molecule has 0 aliphatic carbocycles. The molecule has 0 fully saturated rings. The van der Waals surface area contributed by atoms with Crippen LogP contribution in [-0.4, -0.2) is 25.0 Å². The normalized spacial score (nSPS) is 10.2. The summed E-state index contributed by atoms with van der Waals surface area (Å²) in [6.07, 6.45) is 3.27. The van der Waals surface area contributed by atoms with Crippen molar-refractivity contribution in [3.63, 3.8) is 0 Å². The molecule has 1 heterocycles. The first-order chi connectivity index (χ1) is 9.60. The van der Waals surface area contributed by atoms with Gasteiger partial charge in [-0.1, -0.05) is 0 Å². The highest BCUT2D eigenvalue weighted by molar-refractivity contribution is 9.10. The summed E-state index contributed by atoms with van der Waals surface area (Å²) in [5.41, 5.74) is 1.91. The SMILES string of the molecule is COc1ccc(C(=O)c2ccncc2C)c(OC)c1Br. The number of rotatable bonds is 4. The molecule has 0 saturated carbocycles. The number of benzene rings is 1. The second kappa shape index (κ2) is 6.05. The van der Waals surface area contributed by atoms with Crippen LogP contribution in [0, 0.1) is 6.92 Å². The number of aryl methyl sites for hydroxylation is 1. The fourth-order valence-corrected chi connectivity index (χ4v) is 2.62. The highest BCUT2D eigenvalue weighted by Crippen LogP contribution is 2.38. The van der Waals surface area contributed by atoms with Gasteiger partial charge in [-0.25, -0.2) is 0 Å². The van der Waals surface area contributed by atoms with Gasteiger partial charge >= 0.3 is 0 Å². The van der Waals surface area contributed by atoms with Crippen molar-refractivity contribution in [2.24, 2.45) is 0 Å². The van der Waals surface area contributed by atoms with E-state index in [-0.39, 0.29) is 5.78 Å². The fourth-order valence-electron chi connectivity index (χ4n) is 1.95. The van der Waals surface area contributed by atoms with Gasteiger partial charge in [-0.15, -0.1) is 0 Å². The van der Waals surface area contributed by atoms with Gasteiger partial charge in [-0.2, -0.15) is 0 Å². The van der Waals surface area contributed by atoms with Gasteiger partial charge in [0.05, 0.1) is 19.8 Å². The summed E-state index contributed by atoms with van der Waals surface area (Å²) in [5.74, 6) is 0.973. The lowest BCUT2D eigenvalue weighted by Crippen LogP contribution is -2.07. The summed E-state index contributed by atoms with van der Waals surface area (Å²) in [4.78, 5) is 16.6. The van der Waals surface area contributed by atoms with Crippen LogP contribution in [0.1, 0.15) is 21.5 Å². The van der Waals surface area contributed by atoms with E-state index in [9.17, 15) is 4.79 Å². The lowest BCUT2D eigenvalue weighted by molar-refractivity contribution is 0.103. The van der Waals surface area contributed by atoms with Crippen LogP contribution < -0.4 is 9.47 Å². The van der Waals surface area contributed by atoms with Gasteiger partial charge in [0.2, 0.25) is 0 Å². The molecule has 0 aliphatic rings. The Morgan fingerprint density at radius 2 is 1.90 bits per heavy atom. The van der Waals surface area contributed by atoms with Gasteiger partial charge in [0.25, 0.3) is 0 Å². The number of hydrogen-bond donors (Lipinski definition) is 0. The number of nitrogens with zero attached hydrogens (tertiary/aromatic N) is 1. The topological polar surface area (TPSA) is 48.4 Å². The molecule has 1 aromatic heterocycles. The van der Waals surface area contributed by atoms with Crippen molar-refractivity contribution in [3.8, 4) is 11.5 Å². The monoisotopic (exact) mass is 335 g/mol. The van der Waals surface area contributed by atoms with Gasteiger partial charge in [-0.05, 0) is 46.6 Å². The van der Waals surface area contributed by atoms with Crippen LogP contribution in [0.15, 0.2) is 35.1 Å². The van der Waals surface area contributed by atoms with Crippen molar-refractivity contribution in [2.75, 3.05) is 14.2 Å². The second-order valence-corrected chi connectivity index (χ2v) is 4.98. The van der Waals surface area contributed by atoms with Gasteiger partial charge in [-0.3, -0.25) is 9.78 Å². The minimum atomic E-state index is -0.106. The van der Waals surface area contributed by atoms with Crippen molar-refractivity contribution >= 4 is 21.7 Å². The number of carbonyl (C=O) groups is 1. The van der Waals surface area contributed by atoms with Crippen LogP contribution in [0.4, 0.5) is 0 Å². The summed E-state index contributed by atoms with van der Waals surface area (Å²) in [7, 11) is 3.09. The van der Waals surface area contributed by atoms with Crippen molar-refractivity contribution in [3.05, 3.63) is 51.8 Å². The van der Waals surface area contributed by atoms with Crippen LogP contribution >= 0.6 is 15.9 Å². The first-order valence-corrected chi connectivity index (χ1v) is 6.75. The van der Waals surface area contributed by atoms with E-state index in [0.29, 0.717) is 27.1 Å². The Labute approximate surface area is 125 Å². The molecule has 0 N–H and O–H groups in total. The van der Waals surface area contributed by atoms with Crippen LogP contribution in [0.2, 0.25) is 0 Å². The Morgan fingerprint density at radius 3 is 2.50 bits per heavy atom. The molecule has 0 bridgehead atoms. The Hall–Kier alpha value is -1.88. The molecule has 0 unspecified atom stereocenters. The van der Waals surface area contributed by atoms with Crippen LogP contribution in [0.3, 0.4) is 0 Å². The average Bonchev–Trinajstić information content (AvgIpc) is 2.46. The standard InChI is InChI=1S/C15H14BrNO3/c1-9-8-17-7-6-10(9)14(18)11-4-5-12(19-2)13(16)15(11)20-3/h4-8H,1-3H3. The third kappa shape index (κ3) is 2.54. The van der Waals surface area contributed by atoms with E-state index in [1.165, 1.54) is 7.11 Å². The average molecular weight is 336 g/mol. The van der Waals surface area contributed by atoms with Gasteiger partial charge in [0.15, 0.2) is 5.78 Å². The lowest BCUT2D eigenvalue weighted by Gasteiger charge is -2.13. The van der Waals surface area contributed by atoms with Gasteiger partial charge < -0.3 is 9.47 Å². The van der Waals surface area contributed by atoms with Crippen molar-refractivity contribution in [1.29, 1.82) is 0 Å². The summed E-state index contributed by atoms with van der Waals surface area (Å²) in [6, 6.07) is 5.14. The molecule has 0 saturated heterocycles. The Balaban J connectivity index is 2.56. The molecular weight excluding hydrogens is 322 g/mol. The molecule has 0 spiro atoms. The first kappa shape index (κ1) is 14.5. The quantitative estimate of drug-likeness (QED) is 0.803. The lowest BCUT2D eigenvalue weighted by atomic mass is 10.00. The second-order valence-electron chi connectivity index (χ2n) is 4.18. The molecule has 2 aromatic rings. The van der Waals surface area contributed by atoms with E-state index in [1.54, 1.807) is 37.7 Å². The first-order valence-electron chi connectivity index (χ1n) is 5.96. The summed E-state index contributed by atoms with van der Waals surface area (Å²) in [6.45, 7) is 1.85. The molecule has 1 aromatic carbocycles. The minimum absolute atomic E-state index is 0.106. The molecule has 2 rings (SSSR count). The van der Waals surface area contributed by atoms with E-state index in [1.807, 2.05) is 6.92 Å². The Bertz CT molecular complexity index is 656. The molecule has 104 valence electrons. The zero-order chi connectivity index (χ0) is 14.7. The molecular formula is C15H14BrNO3. The Morgan fingerprint density at radius 1 is 1.15 bits per heavy atom. The van der Waals surface area contributed by atoms with E-state index >= 15 is 0 Å². The number of carbonyl (C=O) groups excluding carboxylic acids is 1. The predicted octanol–water partition coefficient (Wildman–Crippen LogP) is 3.40. The zero-order valence-electron chi connectivity index (χ0n) is 11.4. The van der Waals surface area contributed by atoms with Crippen LogP contribution in [0.25, 0.3) is 0 Å². The summed E-state index contributed by atoms with van der Waals surface area (Å²) >= 11 is 3.40.